The number of hydrogen-bond donors (Lipinski definition) is 0. The minimum absolute atomic E-state index is 0.173. The average molecular weight is 518 g/mol. The van der Waals surface area contributed by atoms with Gasteiger partial charge in [-0.15, -0.1) is 11.8 Å². The van der Waals surface area contributed by atoms with E-state index in [0.29, 0.717) is 20.6 Å². The molecule has 0 saturated carbocycles. The zero-order valence-electron chi connectivity index (χ0n) is 20.8. The summed E-state index contributed by atoms with van der Waals surface area (Å²) in [4.78, 5) is 33.5. The Morgan fingerprint density at radius 1 is 1.17 bits per heavy atom. The van der Waals surface area contributed by atoms with Crippen molar-refractivity contribution in [1.29, 1.82) is 0 Å². The highest BCUT2D eigenvalue weighted by atomic mass is 32.2. The number of ether oxygens (including phenoxy) is 1. The third-order valence-electron chi connectivity index (χ3n) is 6.23. The maximum atomic E-state index is 13.9. The van der Waals surface area contributed by atoms with Gasteiger partial charge in [0, 0.05) is 34.6 Å². The number of carbonyl (C=O) groups is 1. The number of nitrogens with zero attached hydrogens (tertiary/aromatic N) is 3. The molecule has 6 nitrogen and oxygen atoms in total. The van der Waals surface area contributed by atoms with Gasteiger partial charge in [-0.1, -0.05) is 41.7 Å². The van der Waals surface area contributed by atoms with E-state index in [1.807, 2.05) is 82.7 Å². The molecule has 3 heterocycles. The van der Waals surface area contributed by atoms with Crippen LogP contribution in [-0.2, 0) is 16.6 Å². The van der Waals surface area contributed by atoms with Gasteiger partial charge in [0.15, 0.2) is 4.80 Å². The molecule has 0 fully saturated rings. The van der Waals surface area contributed by atoms with Crippen molar-refractivity contribution in [2.45, 2.75) is 37.8 Å². The van der Waals surface area contributed by atoms with Crippen LogP contribution in [0.15, 0.2) is 80.7 Å². The highest BCUT2D eigenvalue weighted by molar-refractivity contribution is 7.98. The molecule has 0 N–H and O–H groups in total. The molecule has 1 atom stereocenters. The first-order valence-electron chi connectivity index (χ1n) is 11.7. The summed E-state index contributed by atoms with van der Waals surface area (Å²) in [5.74, 6) is -0.450. The predicted octanol–water partition coefficient (Wildman–Crippen LogP) is 4.40. The maximum Gasteiger partial charge on any atom is 0.338 e. The third-order valence-corrected chi connectivity index (χ3v) is 7.96. The fourth-order valence-corrected chi connectivity index (χ4v) is 6.04. The van der Waals surface area contributed by atoms with Gasteiger partial charge < -0.3 is 9.30 Å². The van der Waals surface area contributed by atoms with Gasteiger partial charge in [0.1, 0.15) is 0 Å². The number of thiazole rings is 1. The molecule has 0 unspecified atom stereocenters. The van der Waals surface area contributed by atoms with Crippen LogP contribution in [0.1, 0.15) is 37.9 Å². The Labute approximate surface area is 217 Å². The second-order valence-electron chi connectivity index (χ2n) is 9.02. The van der Waals surface area contributed by atoms with Gasteiger partial charge in [0.2, 0.25) is 0 Å². The highest BCUT2D eigenvalue weighted by Gasteiger charge is 2.33. The summed E-state index contributed by atoms with van der Waals surface area (Å²) in [7, 11) is 2.00. The summed E-state index contributed by atoms with van der Waals surface area (Å²) in [6, 6.07) is 15.5. The van der Waals surface area contributed by atoms with Gasteiger partial charge in [-0.05, 0) is 56.9 Å². The summed E-state index contributed by atoms with van der Waals surface area (Å²) < 4.78 is 9.85. The Bertz CT molecular complexity index is 1690. The predicted molar refractivity (Wildman–Crippen MR) is 146 cm³/mol. The highest BCUT2D eigenvalue weighted by Crippen LogP contribution is 2.32. The molecule has 0 amide bonds. The Kier molecular flexibility index (Phi) is 6.49. The number of aromatic nitrogens is 2. The molecule has 36 heavy (non-hydrogen) atoms. The molecule has 0 spiro atoms. The molecular formula is C28H27N3O3S2. The molecule has 2 aromatic heterocycles. The number of rotatable bonds is 5. The summed E-state index contributed by atoms with van der Waals surface area (Å²) >= 11 is 2.98. The molecular weight excluding hydrogens is 490 g/mol. The standard InChI is InChI=1S/C28H27N3O3S2/c1-16(2)34-27(33)24-17(3)29-28-31(25(24)18-10-12-20(35-5)13-11-18)26(32)23(36-28)14-19-15-30(4)22-9-7-6-8-21(19)22/h6-16,25H,1-5H3/b23-14-/t25-/m0/s1. The number of allylic oxidation sites excluding steroid dienone is 1. The topological polar surface area (TPSA) is 65.6 Å². The van der Waals surface area contributed by atoms with E-state index in [2.05, 4.69) is 21.7 Å². The lowest BCUT2D eigenvalue weighted by Gasteiger charge is -2.25. The van der Waals surface area contributed by atoms with Crippen LogP contribution in [0.2, 0.25) is 0 Å². The number of hydrogen-bond acceptors (Lipinski definition) is 6. The number of aryl methyl sites for hydroxylation is 1. The molecule has 0 bridgehead atoms. The van der Waals surface area contributed by atoms with E-state index in [4.69, 9.17) is 4.74 Å². The molecule has 0 radical (unpaired) electrons. The largest absolute Gasteiger partial charge is 0.459 e. The minimum atomic E-state index is -0.613. The van der Waals surface area contributed by atoms with Crippen molar-refractivity contribution in [2.75, 3.05) is 6.26 Å². The molecule has 5 rings (SSSR count). The first kappa shape index (κ1) is 24.3. The van der Waals surface area contributed by atoms with Gasteiger partial charge in [0.05, 0.1) is 27.9 Å². The van der Waals surface area contributed by atoms with E-state index >= 15 is 0 Å². The van der Waals surface area contributed by atoms with Crippen LogP contribution in [-0.4, -0.2) is 27.5 Å². The lowest BCUT2D eigenvalue weighted by Crippen LogP contribution is -2.40. The van der Waals surface area contributed by atoms with Crippen molar-refractivity contribution in [3.63, 3.8) is 0 Å². The number of fused-ring (bicyclic) bond motifs is 2. The second kappa shape index (κ2) is 9.59. The number of para-hydroxylation sites is 1. The quantitative estimate of drug-likeness (QED) is 0.291. The van der Waals surface area contributed by atoms with Gasteiger partial charge in [-0.25, -0.2) is 9.79 Å². The van der Waals surface area contributed by atoms with Crippen LogP contribution in [0.3, 0.4) is 0 Å². The van der Waals surface area contributed by atoms with Crippen molar-refractivity contribution >= 4 is 46.0 Å². The smallest absolute Gasteiger partial charge is 0.338 e. The fourth-order valence-electron chi connectivity index (χ4n) is 4.59. The summed E-state index contributed by atoms with van der Waals surface area (Å²) in [5.41, 5.74) is 3.69. The zero-order valence-corrected chi connectivity index (χ0v) is 22.4. The lowest BCUT2D eigenvalue weighted by molar-refractivity contribution is -0.143. The van der Waals surface area contributed by atoms with Gasteiger partial charge in [-0.2, -0.15) is 0 Å². The molecule has 1 aliphatic heterocycles. The summed E-state index contributed by atoms with van der Waals surface area (Å²) in [6.45, 7) is 5.44. The zero-order chi connectivity index (χ0) is 25.6. The van der Waals surface area contributed by atoms with E-state index < -0.39 is 12.0 Å². The van der Waals surface area contributed by atoms with Crippen molar-refractivity contribution in [3.8, 4) is 0 Å². The van der Waals surface area contributed by atoms with Crippen molar-refractivity contribution in [1.82, 2.24) is 9.13 Å². The van der Waals surface area contributed by atoms with Crippen LogP contribution in [0.4, 0.5) is 0 Å². The molecule has 0 aliphatic carbocycles. The summed E-state index contributed by atoms with van der Waals surface area (Å²) in [6.07, 6.45) is 5.68. The van der Waals surface area contributed by atoms with E-state index in [1.165, 1.54) is 11.3 Å². The molecule has 0 saturated heterocycles. The van der Waals surface area contributed by atoms with E-state index in [0.717, 1.165) is 26.9 Å². The van der Waals surface area contributed by atoms with E-state index in [9.17, 15) is 9.59 Å². The Balaban J connectivity index is 1.73. The number of carbonyl (C=O) groups excluding carboxylic acids is 1. The Morgan fingerprint density at radius 2 is 1.89 bits per heavy atom. The first-order valence-corrected chi connectivity index (χ1v) is 13.7. The first-order chi connectivity index (χ1) is 17.3. The van der Waals surface area contributed by atoms with Gasteiger partial charge >= 0.3 is 5.97 Å². The number of benzene rings is 2. The fraction of sp³-hybridized carbons (Fsp3) is 0.250. The number of esters is 1. The van der Waals surface area contributed by atoms with Gasteiger partial charge in [0.25, 0.3) is 5.56 Å². The van der Waals surface area contributed by atoms with Gasteiger partial charge in [-0.3, -0.25) is 9.36 Å². The molecule has 2 aromatic carbocycles. The van der Waals surface area contributed by atoms with Crippen LogP contribution in [0.25, 0.3) is 17.0 Å². The molecule has 1 aliphatic rings. The third kappa shape index (κ3) is 4.24. The second-order valence-corrected chi connectivity index (χ2v) is 10.9. The Morgan fingerprint density at radius 3 is 2.58 bits per heavy atom. The van der Waals surface area contributed by atoms with Crippen LogP contribution in [0, 0.1) is 0 Å². The van der Waals surface area contributed by atoms with Crippen LogP contribution >= 0.6 is 23.1 Å². The molecule has 8 heteroatoms. The van der Waals surface area contributed by atoms with Crippen LogP contribution < -0.4 is 14.9 Å². The normalized spacial score (nSPS) is 15.9. The monoisotopic (exact) mass is 517 g/mol. The summed E-state index contributed by atoms with van der Waals surface area (Å²) in [5, 5.41) is 1.08. The molecule has 4 aromatic rings. The van der Waals surface area contributed by atoms with E-state index in [-0.39, 0.29) is 11.7 Å². The van der Waals surface area contributed by atoms with Crippen molar-refractivity contribution in [2.24, 2.45) is 12.0 Å². The maximum absolute atomic E-state index is 13.9. The number of thioether (sulfide) groups is 1. The Hall–Kier alpha value is -3.36. The SMILES string of the molecule is CSc1ccc([C@H]2C(C(=O)OC(C)C)=C(C)N=c3s/c(=C\c4cn(C)c5ccccc45)c(=O)n32)cc1. The van der Waals surface area contributed by atoms with E-state index in [1.54, 1.807) is 16.3 Å². The lowest BCUT2D eigenvalue weighted by atomic mass is 9.96. The van der Waals surface area contributed by atoms with Crippen molar-refractivity contribution in [3.05, 3.63) is 96.8 Å². The van der Waals surface area contributed by atoms with Crippen molar-refractivity contribution < 1.29 is 9.53 Å². The molecule has 184 valence electrons. The average Bonchev–Trinajstić information content (AvgIpc) is 3.34. The minimum Gasteiger partial charge on any atom is -0.459 e. The van der Waals surface area contributed by atoms with Crippen LogP contribution in [0.5, 0.6) is 0 Å².